The van der Waals surface area contributed by atoms with Crippen molar-refractivity contribution in [3.63, 3.8) is 0 Å². The molecule has 10 heteroatoms. The molecule has 0 radical (unpaired) electrons. The van der Waals surface area contributed by atoms with Gasteiger partial charge in [-0.2, -0.15) is 0 Å². The molecule has 0 heterocycles. The minimum Gasteiger partial charge on any atom is -0.504 e. The van der Waals surface area contributed by atoms with Crippen molar-refractivity contribution in [2.75, 3.05) is 7.11 Å². The second kappa shape index (κ2) is 6.75. The normalized spacial score (nSPS) is 29.0. The molecule has 25 heavy (non-hydrogen) atoms. The summed E-state index contributed by atoms with van der Waals surface area (Å²) in [6.45, 7) is 0. The highest BCUT2D eigenvalue weighted by Crippen LogP contribution is 2.36. The van der Waals surface area contributed by atoms with E-state index >= 15 is 0 Å². The molecule has 1 aromatic rings. The van der Waals surface area contributed by atoms with Crippen molar-refractivity contribution >= 4 is 11.9 Å². The summed E-state index contributed by atoms with van der Waals surface area (Å²) in [5.74, 6) is -4.57. The van der Waals surface area contributed by atoms with E-state index < -0.39 is 65.9 Å². The predicted molar refractivity (Wildman–Crippen MR) is 78.9 cm³/mol. The van der Waals surface area contributed by atoms with Gasteiger partial charge < -0.3 is 40.1 Å². The Morgan fingerprint density at radius 1 is 1.12 bits per heavy atom. The number of phenols is 3. The van der Waals surface area contributed by atoms with Crippen molar-refractivity contribution in [3.05, 3.63) is 17.7 Å². The van der Waals surface area contributed by atoms with E-state index in [4.69, 9.17) is 4.74 Å². The Labute approximate surface area is 141 Å². The van der Waals surface area contributed by atoms with Gasteiger partial charge in [0.1, 0.15) is 12.2 Å². The van der Waals surface area contributed by atoms with Crippen LogP contribution in [0.2, 0.25) is 0 Å². The Hall–Kier alpha value is -2.56. The summed E-state index contributed by atoms with van der Waals surface area (Å²) in [5.41, 5.74) is -2.51. The first-order valence-electron chi connectivity index (χ1n) is 7.22. The second-order valence-electron chi connectivity index (χ2n) is 5.80. The molecule has 0 amide bonds. The van der Waals surface area contributed by atoms with Crippen LogP contribution in [0, 0.1) is 0 Å². The molecular weight excluding hydrogens is 340 g/mol. The average molecular weight is 358 g/mol. The van der Waals surface area contributed by atoms with Gasteiger partial charge in [0.2, 0.25) is 0 Å². The Bertz CT molecular complexity index is 664. The number of methoxy groups -OCH3 is 1. The Balaban J connectivity index is 2.22. The molecule has 10 nitrogen and oxygen atoms in total. The maximum Gasteiger partial charge on any atom is 0.338 e. The zero-order chi connectivity index (χ0) is 18.9. The van der Waals surface area contributed by atoms with E-state index in [0.29, 0.717) is 0 Å². The fourth-order valence-electron chi connectivity index (χ4n) is 2.65. The molecule has 0 unspecified atom stereocenters. The molecule has 1 aromatic carbocycles. The summed E-state index contributed by atoms with van der Waals surface area (Å²) >= 11 is 0. The molecule has 1 aliphatic rings. The molecule has 1 fully saturated rings. The monoisotopic (exact) mass is 358 g/mol. The van der Waals surface area contributed by atoms with Gasteiger partial charge in [0.15, 0.2) is 22.8 Å². The highest BCUT2D eigenvalue weighted by atomic mass is 16.6. The predicted octanol–water partition coefficient (Wildman–Crippen LogP) is -1.25. The zero-order valence-electron chi connectivity index (χ0n) is 13.1. The largest absolute Gasteiger partial charge is 0.504 e. The van der Waals surface area contributed by atoms with E-state index in [1.807, 2.05) is 0 Å². The number of aromatic hydroxyl groups is 3. The van der Waals surface area contributed by atoms with Gasteiger partial charge in [-0.1, -0.05) is 0 Å². The Kier molecular flexibility index (Phi) is 5.07. The van der Waals surface area contributed by atoms with Gasteiger partial charge in [0.05, 0.1) is 18.8 Å². The highest BCUT2D eigenvalue weighted by molar-refractivity contribution is 5.91. The van der Waals surface area contributed by atoms with Crippen molar-refractivity contribution in [1.82, 2.24) is 0 Å². The summed E-state index contributed by atoms with van der Waals surface area (Å²) in [6.07, 6.45) is -5.63. The topological polar surface area (TPSA) is 174 Å². The molecule has 0 aliphatic heterocycles. The number of phenolic OH excluding ortho intramolecular Hbond substituents is 3. The third kappa shape index (κ3) is 3.60. The van der Waals surface area contributed by atoms with Crippen LogP contribution in [0.3, 0.4) is 0 Å². The summed E-state index contributed by atoms with van der Waals surface area (Å²) in [7, 11) is 1.03. The highest BCUT2D eigenvalue weighted by Gasteiger charge is 2.51. The maximum absolute atomic E-state index is 12.1. The maximum atomic E-state index is 12.1. The standard InChI is InChI=1S/C15H18O10/c1-24-14(22)15(23)4-9(18)12(20)10(5-15)25-13(21)6-2-7(16)11(19)8(17)3-6/h2-3,9-10,12,16-20,23H,4-5H2,1H3/t9-,10-,12-,15+/m1/s1. The quantitative estimate of drug-likeness (QED) is 0.283. The van der Waals surface area contributed by atoms with Crippen LogP contribution in [0.4, 0.5) is 0 Å². The number of aliphatic hydroxyl groups is 3. The van der Waals surface area contributed by atoms with Gasteiger partial charge in [-0.15, -0.1) is 0 Å². The lowest BCUT2D eigenvalue weighted by Crippen LogP contribution is -2.57. The van der Waals surface area contributed by atoms with E-state index in [0.717, 1.165) is 19.2 Å². The number of benzene rings is 1. The number of rotatable bonds is 3. The number of hydrogen-bond donors (Lipinski definition) is 6. The summed E-state index contributed by atoms with van der Waals surface area (Å²) < 4.78 is 9.42. The molecule has 4 atom stereocenters. The average Bonchev–Trinajstić information content (AvgIpc) is 2.55. The number of ether oxygens (including phenoxy) is 2. The molecule has 0 saturated heterocycles. The fourth-order valence-corrected chi connectivity index (χ4v) is 2.65. The zero-order valence-corrected chi connectivity index (χ0v) is 13.1. The van der Waals surface area contributed by atoms with E-state index in [-0.39, 0.29) is 5.56 Å². The van der Waals surface area contributed by atoms with Gasteiger partial charge in [0.25, 0.3) is 0 Å². The summed E-state index contributed by atoms with van der Waals surface area (Å²) in [6, 6.07) is 1.63. The molecule has 6 N–H and O–H groups in total. The smallest absolute Gasteiger partial charge is 0.338 e. The van der Waals surface area contributed by atoms with Crippen molar-refractivity contribution in [3.8, 4) is 17.2 Å². The van der Waals surface area contributed by atoms with Crippen LogP contribution in [0.1, 0.15) is 23.2 Å². The van der Waals surface area contributed by atoms with Crippen LogP contribution < -0.4 is 0 Å². The lowest BCUT2D eigenvalue weighted by Gasteiger charge is -2.39. The van der Waals surface area contributed by atoms with Crippen molar-refractivity contribution in [1.29, 1.82) is 0 Å². The van der Waals surface area contributed by atoms with Crippen molar-refractivity contribution in [2.45, 2.75) is 36.8 Å². The number of aliphatic hydroxyl groups excluding tert-OH is 2. The first-order valence-corrected chi connectivity index (χ1v) is 7.22. The first kappa shape index (κ1) is 18.8. The molecule has 0 aromatic heterocycles. The molecule has 1 saturated carbocycles. The van der Waals surface area contributed by atoms with Gasteiger partial charge in [0, 0.05) is 12.8 Å². The van der Waals surface area contributed by atoms with Gasteiger partial charge in [-0.3, -0.25) is 0 Å². The van der Waals surface area contributed by atoms with Crippen molar-refractivity contribution < 1.29 is 49.7 Å². The van der Waals surface area contributed by atoms with Crippen LogP contribution in [-0.2, 0) is 14.3 Å². The number of esters is 2. The number of carbonyl (C=O) groups excluding carboxylic acids is 2. The Morgan fingerprint density at radius 2 is 1.68 bits per heavy atom. The van der Waals surface area contributed by atoms with E-state index in [1.165, 1.54) is 0 Å². The molecular formula is C15H18O10. The van der Waals surface area contributed by atoms with Crippen LogP contribution in [0.25, 0.3) is 0 Å². The molecule has 138 valence electrons. The number of carbonyl (C=O) groups is 2. The lowest BCUT2D eigenvalue weighted by molar-refractivity contribution is -0.190. The van der Waals surface area contributed by atoms with Crippen molar-refractivity contribution in [2.24, 2.45) is 0 Å². The van der Waals surface area contributed by atoms with Crippen LogP contribution in [-0.4, -0.2) is 73.6 Å². The minimum absolute atomic E-state index is 0.360. The first-order chi connectivity index (χ1) is 11.6. The van der Waals surface area contributed by atoms with E-state index in [1.54, 1.807) is 0 Å². The number of hydrogen-bond acceptors (Lipinski definition) is 10. The molecule has 2 rings (SSSR count). The van der Waals surface area contributed by atoms with Gasteiger partial charge in [-0.05, 0) is 12.1 Å². The lowest BCUT2D eigenvalue weighted by atomic mass is 9.79. The third-order valence-electron chi connectivity index (χ3n) is 3.99. The van der Waals surface area contributed by atoms with Gasteiger partial charge >= 0.3 is 11.9 Å². The molecule has 0 spiro atoms. The molecule has 0 bridgehead atoms. The summed E-state index contributed by atoms with van der Waals surface area (Å²) in [5, 5.41) is 58.1. The van der Waals surface area contributed by atoms with Gasteiger partial charge in [-0.25, -0.2) is 9.59 Å². The van der Waals surface area contributed by atoms with E-state index in [9.17, 15) is 40.2 Å². The minimum atomic E-state index is -2.16. The fraction of sp³-hybridized carbons (Fsp3) is 0.467. The van der Waals surface area contributed by atoms with Crippen LogP contribution in [0.15, 0.2) is 12.1 Å². The SMILES string of the molecule is COC(=O)[C@]1(O)C[C@@H](O)[C@@H](O)[C@H](OC(=O)c2cc(O)c(O)c(O)c2)C1. The van der Waals surface area contributed by atoms with Crippen LogP contribution >= 0.6 is 0 Å². The second-order valence-corrected chi connectivity index (χ2v) is 5.80. The molecule has 1 aliphatic carbocycles. The third-order valence-corrected chi connectivity index (χ3v) is 3.99. The van der Waals surface area contributed by atoms with E-state index in [2.05, 4.69) is 4.74 Å². The summed E-state index contributed by atoms with van der Waals surface area (Å²) in [4.78, 5) is 23.8. The van der Waals surface area contributed by atoms with Crippen LogP contribution in [0.5, 0.6) is 17.2 Å². The Morgan fingerprint density at radius 3 is 2.20 bits per heavy atom.